The molecule has 0 amide bonds. The van der Waals surface area contributed by atoms with E-state index in [1.807, 2.05) is 17.8 Å². The highest BCUT2D eigenvalue weighted by Gasteiger charge is 1.96. The van der Waals surface area contributed by atoms with Crippen molar-refractivity contribution in [1.82, 2.24) is 9.78 Å². The Hall–Kier alpha value is -0.740. The van der Waals surface area contributed by atoms with Crippen molar-refractivity contribution in [3.05, 3.63) is 12.4 Å². The molecule has 1 aromatic heterocycles. The van der Waals surface area contributed by atoms with E-state index in [9.17, 15) is 0 Å². The molecule has 0 radical (unpaired) electrons. The highest BCUT2D eigenvalue weighted by molar-refractivity contribution is 5.85. The zero-order valence-corrected chi connectivity index (χ0v) is 8.59. The fraction of sp³-hybridized carbons (Fsp3) is 0.625. The number of hydrogen-bond donors (Lipinski definition) is 1. The van der Waals surface area contributed by atoms with Gasteiger partial charge in [-0.1, -0.05) is 0 Å². The minimum atomic E-state index is 0. The van der Waals surface area contributed by atoms with E-state index in [-0.39, 0.29) is 12.4 Å². The van der Waals surface area contributed by atoms with Crippen LogP contribution in [-0.4, -0.2) is 22.9 Å². The molecule has 0 fully saturated rings. The maximum absolute atomic E-state index is 5.37. The second-order valence-electron chi connectivity index (χ2n) is 2.52. The largest absolute Gasteiger partial charge is 0.490 e. The van der Waals surface area contributed by atoms with Gasteiger partial charge in [-0.3, -0.25) is 4.68 Å². The Bertz CT molecular complexity index is 227. The first-order chi connectivity index (χ1) is 5.86. The lowest BCUT2D eigenvalue weighted by molar-refractivity contribution is 0.313. The average Bonchev–Trinajstić information content (AvgIpc) is 2.53. The monoisotopic (exact) mass is 205 g/mol. The highest BCUT2D eigenvalue weighted by Crippen LogP contribution is 2.07. The average molecular weight is 206 g/mol. The molecular weight excluding hydrogens is 190 g/mol. The molecule has 0 atom stereocenters. The van der Waals surface area contributed by atoms with Crippen molar-refractivity contribution >= 4 is 12.4 Å². The topological polar surface area (TPSA) is 53.1 Å². The lowest BCUT2D eigenvalue weighted by Gasteiger charge is -1.99. The summed E-state index contributed by atoms with van der Waals surface area (Å²) < 4.78 is 7.20. The van der Waals surface area contributed by atoms with E-state index in [0.717, 1.165) is 18.7 Å². The van der Waals surface area contributed by atoms with E-state index in [4.69, 9.17) is 10.5 Å². The number of aryl methyl sites for hydroxylation is 1. The van der Waals surface area contributed by atoms with Crippen molar-refractivity contribution in [3.63, 3.8) is 0 Å². The van der Waals surface area contributed by atoms with Crippen LogP contribution in [-0.2, 0) is 6.54 Å². The number of aromatic nitrogens is 2. The minimum absolute atomic E-state index is 0. The summed E-state index contributed by atoms with van der Waals surface area (Å²) in [5.41, 5.74) is 5.32. The molecule has 0 aromatic carbocycles. The van der Waals surface area contributed by atoms with E-state index >= 15 is 0 Å². The first-order valence-corrected chi connectivity index (χ1v) is 4.22. The molecule has 5 heteroatoms. The zero-order chi connectivity index (χ0) is 8.81. The second-order valence-corrected chi connectivity index (χ2v) is 2.52. The number of rotatable bonds is 5. The molecule has 0 aliphatic carbocycles. The van der Waals surface area contributed by atoms with Crippen molar-refractivity contribution < 1.29 is 4.74 Å². The molecule has 0 aliphatic heterocycles. The van der Waals surface area contributed by atoms with Gasteiger partial charge in [0.15, 0.2) is 5.75 Å². The summed E-state index contributed by atoms with van der Waals surface area (Å²) in [5.74, 6) is 0.824. The Morgan fingerprint density at radius 3 is 2.92 bits per heavy atom. The molecular formula is C8H16ClN3O. The van der Waals surface area contributed by atoms with Gasteiger partial charge in [0.25, 0.3) is 0 Å². The molecule has 13 heavy (non-hydrogen) atoms. The van der Waals surface area contributed by atoms with Gasteiger partial charge in [-0.25, -0.2) is 0 Å². The molecule has 0 bridgehead atoms. The van der Waals surface area contributed by atoms with Gasteiger partial charge in [-0.05, 0) is 19.9 Å². The Kier molecular flexibility index (Phi) is 6.36. The predicted molar refractivity (Wildman–Crippen MR) is 54.3 cm³/mol. The van der Waals surface area contributed by atoms with Gasteiger partial charge in [0.1, 0.15) is 0 Å². The second kappa shape index (κ2) is 6.74. The third-order valence-electron chi connectivity index (χ3n) is 1.55. The summed E-state index contributed by atoms with van der Waals surface area (Å²) in [6.45, 7) is 4.25. The van der Waals surface area contributed by atoms with Gasteiger partial charge >= 0.3 is 0 Å². The van der Waals surface area contributed by atoms with Gasteiger partial charge in [-0.2, -0.15) is 5.10 Å². The number of hydrogen-bond acceptors (Lipinski definition) is 3. The van der Waals surface area contributed by atoms with E-state index in [2.05, 4.69) is 5.10 Å². The molecule has 0 saturated carbocycles. The molecule has 1 rings (SSSR count). The van der Waals surface area contributed by atoms with Crippen LogP contribution in [0.1, 0.15) is 13.3 Å². The molecule has 0 saturated heterocycles. The van der Waals surface area contributed by atoms with Gasteiger partial charge in [0.05, 0.1) is 19.0 Å². The maximum atomic E-state index is 5.37. The minimum Gasteiger partial charge on any atom is -0.490 e. The fourth-order valence-corrected chi connectivity index (χ4v) is 0.865. The number of nitrogens with two attached hydrogens (primary N) is 1. The Labute approximate surface area is 84.5 Å². The number of nitrogens with zero attached hydrogens (tertiary/aromatic N) is 2. The summed E-state index contributed by atoms with van der Waals surface area (Å²) in [4.78, 5) is 0. The van der Waals surface area contributed by atoms with Crippen LogP contribution in [0, 0.1) is 0 Å². The summed E-state index contributed by atoms with van der Waals surface area (Å²) in [6.07, 6.45) is 4.49. The Balaban J connectivity index is 0.00000144. The third-order valence-corrected chi connectivity index (χ3v) is 1.55. The van der Waals surface area contributed by atoms with Crippen molar-refractivity contribution in [2.75, 3.05) is 13.2 Å². The quantitative estimate of drug-likeness (QED) is 0.732. The van der Waals surface area contributed by atoms with E-state index in [1.54, 1.807) is 6.20 Å². The maximum Gasteiger partial charge on any atom is 0.157 e. The summed E-state index contributed by atoms with van der Waals surface area (Å²) in [7, 11) is 0. The first-order valence-electron chi connectivity index (χ1n) is 4.22. The standard InChI is InChI=1S/C8H15N3O.ClH/c1-2-11-7-8(6-10-11)12-5-3-4-9;/h6-7H,2-5,9H2,1H3;1H. The van der Waals surface area contributed by atoms with Crippen molar-refractivity contribution in [2.45, 2.75) is 19.9 Å². The lowest BCUT2D eigenvalue weighted by atomic mass is 10.5. The Morgan fingerprint density at radius 1 is 1.62 bits per heavy atom. The van der Waals surface area contributed by atoms with Crippen LogP contribution in [0.4, 0.5) is 0 Å². The normalized spacial score (nSPS) is 9.38. The molecule has 1 aromatic rings. The van der Waals surface area contributed by atoms with Crippen molar-refractivity contribution in [1.29, 1.82) is 0 Å². The lowest BCUT2D eigenvalue weighted by Crippen LogP contribution is -2.05. The highest BCUT2D eigenvalue weighted by atomic mass is 35.5. The molecule has 4 nitrogen and oxygen atoms in total. The molecule has 0 aliphatic rings. The van der Waals surface area contributed by atoms with Crippen LogP contribution in [0.5, 0.6) is 5.75 Å². The first kappa shape index (κ1) is 12.3. The Morgan fingerprint density at radius 2 is 2.38 bits per heavy atom. The van der Waals surface area contributed by atoms with Crippen LogP contribution in [0.25, 0.3) is 0 Å². The van der Waals surface area contributed by atoms with Gasteiger partial charge in [0, 0.05) is 6.54 Å². The molecule has 76 valence electrons. The zero-order valence-electron chi connectivity index (χ0n) is 7.77. The van der Waals surface area contributed by atoms with Crippen LogP contribution in [0.2, 0.25) is 0 Å². The molecule has 0 spiro atoms. The molecule has 0 unspecified atom stereocenters. The van der Waals surface area contributed by atoms with Gasteiger partial charge in [0.2, 0.25) is 0 Å². The number of halogens is 1. The van der Waals surface area contributed by atoms with Crippen LogP contribution in [0.15, 0.2) is 12.4 Å². The fourth-order valence-electron chi connectivity index (χ4n) is 0.865. The predicted octanol–water partition coefficient (Wildman–Crippen LogP) is 1.05. The van der Waals surface area contributed by atoms with Crippen molar-refractivity contribution in [2.24, 2.45) is 5.73 Å². The summed E-state index contributed by atoms with van der Waals surface area (Å²) >= 11 is 0. The van der Waals surface area contributed by atoms with E-state index in [1.165, 1.54) is 0 Å². The van der Waals surface area contributed by atoms with E-state index < -0.39 is 0 Å². The van der Waals surface area contributed by atoms with E-state index in [0.29, 0.717) is 13.2 Å². The smallest absolute Gasteiger partial charge is 0.157 e. The van der Waals surface area contributed by atoms with Crippen LogP contribution < -0.4 is 10.5 Å². The van der Waals surface area contributed by atoms with Gasteiger partial charge < -0.3 is 10.5 Å². The molecule has 2 N–H and O–H groups in total. The number of ether oxygens (including phenoxy) is 1. The molecule has 1 heterocycles. The SMILES string of the molecule is CCn1cc(OCCCN)cn1.Cl. The van der Waals surface area contributed by atoms with Gasteiger partial charge in [-0.15, -0.1) is 12.4 Å². The van der Waals surface area contributed by atoms with Crippen LogP contribution >= 0.6 is 12.4 Å². The van der Waals surface area contributed by atoms with Crippen molar-refractivity contribution in [3.8, 4) is 5.75 Å². The summed E-state index contributed by atoms with van der Waals surface area (Å²) in [5, 5.41) is 4.07. The third kappa shape index (κ3) is 4.15. The summed E-state index contributed by atoms with van der Waals surface area (Å²) in [6, 6.07) is 0. The van der Waals surface area contributed by atoms with Crippen LogP contribution in [0.3, 0.4) is 0 Å².